The van der Waals surface area contributed by atoms with Gasteiger partial charge in [0.05, 0.1) is 23.0 Å². The van der Waals surface area contributed by atoms with Gasteiger partial charge in [-0.15, -0.1) is 0 Å². The second-order valence-electron chi connectivity index (χ2n) is 10.6. The molecule has 2 rings (SSSR count). The molecule has 2 atom stereocenters. The number of ketones is 1. The van der Waals surface area contributed by atoms with E-state index in [1.165, 1.54) is 0 Å². The zero-order chi connectivity index (χ0) is 26.8. The summed E-state index contributed by atoms with van der Waals surface area (Å²) in [6.07, 6.45) is 6.80. The third-order valence-electron chi connectivity index (χ3n) is 6.71. The number of amides is 2. The second-order valence-corrected chi connectivity index (χ2v) is 13.4. The van der Waals surface area contributed by atoms with Gasteiger partial charge in [0.15, 0.2) is 15.6 Å². The summed E-state index contributed by atoms with van der Waals surface area (Å²) in [5.41, 5.74) is 0.802. The molecule has 1 fully saturated rings. The van der Waals surface area contributed by atoms with Crippen molar-refractivity contribution in [2.24, 2.45) is 5.92 Å². The summed E-state index contributed by atoms with van der Waals surface area (Å²) in [6, 6.07) is 7.28. The minimum absolute atomic E-state index is 0.175. The fourth-order valence-electron chi connectivity index (χ4n) is 4.35. The summed E-state index contributed by atoms with van der Waals surface area (Å²) in [6.45, 7) is 4.73. The van der Waals surface area contributed by atoms with E-state index in [9.17, 15) is 27.6 Å². The van der Waals surface area contributed by atoms with Crippen LogP contribution in [0.2, 0.25) is 0 Å². The van der Waals surface area contributed by atoms with Crippen LogP contribution in [0.3, 0.4) is 0 Å². The summed E-state index contributed by atoms with van der Waals surface area (Å²) in [5, 5.41) is 5.44. The molecular formula is C27H39N2O6S. The third-order valence-corrected chi connectivity index (χ3v) is 9.32. The van der Waals surface area contributed by atoms with Crippen LogP contribution in [0.5, 0.6) is 0 Å². The number of benzene rings is 1. The molecule has 36 heavy (non-hydrogen) atoms. The van der Waals surface area contributed by atoms with Crippen molar-refractivity contribution in [3.8, 4) is 0 Å². The first kappa shape index (κ1) is 29.7. The maximum Gasteiger partial charge on any atom is 0.243 e. The van der Waals surface area contributed by atoms with Crippen molar-refractivity contribution >= 4 is 33.7 Å². The Morgan fingerprint density at radius 1 is 1.00 bits per heavy atom. The largest absolute Gasteiger partial charge is 0.344 e. The van der Waals surface area contributed by atoms with E-state index in [2.05, 4.69) is 10.6 Å². The average Bonchev–Trinajstić information content (AvgIpc) is 2.82. The summed E-state index contributed by atoms with van der Waals surface area (Å²) in [5.74, 6) is -1.55. The monoisotopic (exact) mass is 519 g/mol. The predicted molar refractivity (Wildman–Crippen MR) is 139 cm³/mol. The van der Waals surface area contributed by atoms with Gasteiger partial charge in [-0.3, -0.25) is 19.2 Å². The molecule has 1 unspecified atom stereocenters. The molecule has 0 aromatic heterocycles. The van der Waals surface area contributed by atoms with Crippen LogP contribution in [-0.2, 0) is 35.4 Å². The van der Waals surface area contributed by atoms with Crippen LogP contribution in [0.15, 0.2) is 30.3 Å². The molecule has 0 spiro atoms. The Morgan fingerprint density at radius 3 is 2.22 bits per heavy atom. The maximum absolute atomic E-state index is 13.3. The highest BCUT2D eigenvalue weighted by Crippen LogP contribution is 2.27. The molecule has 199 valence electrons. The quantitative estimate of drug-likeness (QED) is 0.386. The highest BCUT2D eigenvalue weighted by atomic mass is 32.2. The summed E-state index contributed by atoms with van der Waals surface area (Å²) < 4.78 is 23.8. The van der Waals surface area contributed by atoms with Gasteiger partial charge in [-0.25, -0.2) is 8.42 Å². The van der Waals surface area contributed by atoms with Crippen molar-refractivity contribution in [3.63, 3.8) is 0 Å². The molecule has 0 saturated heterocycles. The molecule has 2 N–H and O–H groups in total. The van der Waals surface area contributed by atoms with Crippen LogP contribution < -0.4 is 10.6 Å². The Hall–Kier alpha value is -2.55. The Labute approximate surface area is 214 Å². The van der Waals surface area contributed by atoms with Crippen LogP contribution >= 0.6 is 0 Å². The zero-order valence-corrected chi connectivity index (χ0v) is 22.4. The third kappa shape index (κ3) is 9.48. The van der Waals surface area contributed by atoms with Crippen molar-refractivity contribution in [1.29, 1.82) is 0 Å². The van der Waals surface area contributed by atoms with Crippen LogP contribution in [0.4, 0.5) is 0 Å². The van der Waals surface area contributed by atoms with Crippen LogP contribution in [0.1, 0.15) is 77.7 Å². The molecule has 0 bridgehead atoms. The molecule has 1 aliphatic rings. The Morgan fingerprint density at radius 2 is 1.64 bits per heavy atom. The summed E-state index contributed by atoms with van der Waals surface area (Å²) in [7, 11) is -3.50. The van der Waals surface area contributed by atoms with Crippen LogP contribution in [0, 0.1) is 5.92 Å². The standard InChI is InChI=1S/C27H39N2O6S/c1-27(2,3)36(34,35)17-15-25(32)28-23(19-21-12-8-5-9-13-21)26(33)29-22(24(31)14-16-30)18-20-10-6-4-7-11-20/h5,8-9,12-13,20,22-23H,4,6-7,10-11,14-15,17-19H2,1-3H3,(H,28,32)(H,29,33)/t22-,23?/m0/s1. The smallest absolute Gasteiger partial charge is 0.243 e. The Balaban J connectivity index is 2.15. The van der Waals surface area contributed by atoms with E-state index < -0.39 is 50.7 Å². The number of nitrogens with one attached hydrogen (secondary N) is 2. The fourth-order valence-corrected chi connectivity index (χ4v) is 5.42. The van der Waals surface area contributed by atoms with Crippen LogP contribution in [-0.4, -0.2) is 54.9 Å². The molecule has 1 saturated carbocycles. The number of hydrogen-bond donors (Lipinski definition) is 2. The molecule has 2 amide bonds. The first-order chi connectivity index (χ1) is 16.9. The van der Waals surface area contributed by atoms with Gasteiger partial charge < -0.3 is 10.6 Å². The van der Waals surface area contributed by atoms with Crippen molar-refractivity contribution in [2.75, 3.05) is 5.75 Å². The van der Waals surface area contributed by atoms with E-state index in [1.807, 2.05) is 30.3 Å². The van der Waals surface area contributed by atoms with E-state index in [1.54, 1.807) is 27.1 Å². The van der Waals surface area contributed by atoms with Crippen LogP contribution in [0.25, 0.3) is 0 Å². The molecule has 1 aromatic carbocycles. The van der Waals surface area contributed by atoms with E-state index in [0.717, 1.165) is 37.7 Å². The lowest BCUT2D eigenvalue weighted by Gasteiger charge is -2.28. The van der Waals surface area contributed by atoms with Gasteiger partial charge in [0.25, 0.3) is 0 Å². The van der Waals surface area contributed by atoms with Gasteiger partial charge in [-0.1, -0.05) is 62.4 Å². The van der Waals surface area contributed by atoms with Crippen molar-refractivity contribution in [1.82, 2.24) is 10.6 Å². The molecule has 0 aliphatic heterocycles. The Kier molecular flexibility index (Phi) is 11.3. The molecule has 1 aromatic rings. The first-order valence-electron chi connectivity index (χ1n) is 12.7. The van der Waals surface area contributed by atoms with Gasteiger partial charge in [0.2, 0.25) is 18.1 Å². The minimum atomic E-state index is -3.50. The molecule has 1 aliphatic carbocycles. The zero-order valence-electron chi connectivity index (χ0n) is 21.5. The van der Waals surface area contributed by atoms with E-state index in [-0.39, 0.29) is 24.5 Å². The van der Waals surface area contributed by atoms with E-state index >= 15 is 0 Å². The van der Waals surface area contributed by atoms with Crippen molar-refractivity contribution < 1.29 is 27.6 Å². The molecule has 0 heterocycles. The van der Waals surface area contributed by atoms with E-state index in [0.29, 0.717) is 6.42 Å². The lowest BCUT2D eigenvalue weighted by molar-refractivity contribution is -0.131. The lowest BCUT2D eigenvalue weighted by atomic mass is 9.83. The number of Topliss-reactive ketones (excluding diaryl/α,β-unsaturated/α-hetero) is 1. The Bertz CT molecular complexity index is 995. The maximum atomic E-state index is 13.3. The SMILES string of the molecule is CC(C)(C)S(=O)(=O)CCC(=O)NC(Cc1ccccc1)C(=O)N[C@@H](CC1CCCCC1)C(=O)C[C]=O. The average molecular weight is 520 g/mol. The highest BCUT2D eigenvalue weighted by molar-refractivity contribution is 7.92. The van der Waals surface area contributed by atoms with E-state index in [4.69, 9.17) is 0 Å². The van der Waals surface area contributed by atoms with Gasteiger partial charge in [-0.05, 0) is 38.7 Å². The number of carbonyl (C=O) groups is 3. The highest BCUT2D eigenvalue weighted by Gasteiger charge is 2.31. The summed E-state index contributed by atoms with van der Waals surface area (Å²) in [4.78, 5) is 49.5. The van der Waals surface area contributed by atoms with Gasteiger partial charge in [-0.2, -0.15) is 0 Å². The molecule has 8 nitrogen and oxygen atoms in total. The second kappa shape index (κ2) is 13.7. The fraction of sp³-hybridized carbons (Fsp3) is 0.630. The predicted octanol–water partition coefficient (Wildman–Crippen LogP) is 2.84. The number of carbonyl (C=O) groups excluding carboxylic acids is 4. The number of sulfone groups is 1. The normalized spacial score (nSPS) is 16.5. The van der Waals surface area contributed by atoms with Gasteiger partial charge in [0.1, 0.15) is 6.04 Å². The number of rotatable bonds is 13. The minimum Gasteiger partial charge on any atom is -0.344 e. The number of hydrogen-bond acceptors (Lipinski definition) is 6. The molecule has 9 heteroatoms. The topological polar surface area (TPSA) is 126 Å². The van der Waals surface area contributed by atoms with Crippen molar-refractivity contribution in [2.45, 2.75) is 95.4 Å². The first-order valence-corrected chi connectivity index (χ1v) is 14.3. The van der Waals surface area contributed by atoms with Crippen molar-refractivity contribution in [3.05, 3.63) is 35.9 Å². The lowest BCUT2D eigenvalue weighted by Crippen LogP contribution is -2.53. The van der Waals surface area contributed by atoms with Gasteiger partial charge in [0, 0.05) is 12.8 Å². The summed E-state index contributed by atoms with van der Waals surface area (Å²) >= 11 is 0. The van der Waals surface area contributed by atoms with Gasteiger partial charge >= 0.3 is 0 Å². The molecular weight excluding hydrogens is 480 g/mol. The molecule has 1 radical (unpaired) electrons.